The summed E-state index contributed by atoms with van der Waals surface area (Å²) in [6, 6.07) is 6.14. The number of nitrogens with zero attached hydrogens (tertiary/aromatic N) is 1. The molecule has 3 atom stereocenters. The molecule has 20 heavy (non-hydrogen) atoms. The SMILES string of the molecule is COc1ccc(C2NCC(=O)N2CC2CC2C)cc1C. The predicted molar refractivity (Wildman–Crippen MR) is 77.5 cm³/mol. The standard InChI is InChI=1S/C16H22N2O2/c1-10-6-13(10)9-18-15(19)8-17-16(18)12-4-5-14(20-3)11(2)7-12/h4-5,7,10,13,16-17H,6,8-9H2,1-3H3. The highest BCUT2D eigenvalue weighted by molar-refractivity contribution is 5.81. The summed E-state index contributed by atoms with van der Waals surface area (Å²) >= 11 is 0. The first-order chi connectivity index (χ1) is 9.60. The van der Waals surface area contributed by atoms with Crippen molar-refractivity contribution in [3.05, 3.63) is 29.3 Å². The maximum Gasteiger partial charge on any atom is 0.238 e. The van der Waals surface area contributed by atoms with E-state index in [9.17, 15) is 4.79 Å². The van der Waals surface area contributed by atoms with Crippen LogP contribution in [0.3, 0.4) is 0 Å². The number of amides is 1. The molecule has 2 fully saturated rings. The highest BCUT2D eigenvalue weighted by Gasteiger charge is 2.40. The molecular weight excluding hydrogens is 252 g/mol. The van der Waals surface area contributed by atoms with Gasteiger partial charge in [-0.2, -0.15) is 0 Å². The number of carbonyl (C=O) groups excluding carboxylic acids is 1. The van der Waals surface area contributed by atoms with Gasteiger partial charge in [0, 0.05) is 6.54 Å². The van der Waals surface area contributed by atoms with Gasteiger partial charge in [0.15, 0.2) is 0 Å². The molecule has 108 valence electrons. The lowest BCUT2D eigenvalue weighted by Crippen LogP contribution is -2.32. The first kappa shape index (κ1) is 13.4. The molecule has 0 aromatic heterocycles. The van der Waals surface area contributed by atoms with E-state index >= 15 is 0 Å². The van der Waals surface area contributed by atoms with E-state index in [1.54, 1.807) is 7.11 Å². The molecule has 4 nitrogen and oxygen atoms in total. The van der Waals surface area contributed by atoms with E-state index in [-0.39, 0.29) is 12.1 Å². The molecule has 0 spiro atoms. The Labute approximate surface area is 120 Å². The molecule has 1 amide bonds. The van der Waals surface area contributed by atoms with E-state index in [2.05, 4.69) is 18.3 Å². The number of benzene rings is 1. The predicted octanol–water partition coefficient (Wildman–Crippen LogP) is 2.09. The smallest absolute Gasteiger partial charge is 0.238 e. The molecule has 2 aliphatic rings. The summed E-state index contributed by atoms with van der Waals surface area (Å²) < 4.78 is 5.30. The summed E-state index contributed by atoms with van der Waals surface area (Å²) in [6.07, 6.45) is 1.26. The highest BCUT2D eigenvalue weighted by atomic mass is 16.5. The third-order valence-electron chi connectivity index (χ3n) is 4.52. The van der Waals surface area contributed by atoms with E-state index in [1.807, 2.05) is 24.0 Å². The van der Waals surface area contributed by atoms with Crippen molar-refractivity contribution in [2.24, 2.45) is 11.8 Å². The monoisotopic (exact) mass is 274 g/mol. The summed E-state index contributed by atoms with van der Waals surface area (Å²) in [5.41, 5.74) is 2.24. The summed E-state index contributed by atoms with van der Waals surface area (Å²) in [7, 11) is 1.68. The van der Waals surface area contributed by atoms with Gasteiger partial charge < -0.3 is 9.64 Å². The second-order valence-corrected chi connectivity index (χ2v) is 6.03. The van der Waals surface area contributed by atoms with Gasteiger partial charge in [-0.25, -0.2) is 0 Å². The van der Waals surface area contributed by atoms with Gasteiger partial charge in [-0.05, 0) is 48.4 Å². The van der Waals surface area contributed by atoms with Crippen molar-refractivity contribution in [1.82, 2.24) is 10.2 Å². The van der Waals surface area contributed by atoms with Gasteiger partial charge in [0.1, 0.15) is 11.9 Å². The van der Waals surface area contributed by atoms with Crippen LogP contribution in [0.1, 0.15) is 30.6 Å². The molecule has 1 heterocycles. The zero-order valence-corrected chi connectivity index (χ0v) is 12.3. The van der Waals surface area contributed by atoms with Crippen molar-refractivity contribution in [2.45, 2.75) is 26.4 Å². The maximum absolute atomic E-state index is 12.1. The second-order valence-electron chi connectivity index (χ2n) is 6.03. The molecule has 1 saturated heterocycles. The van der Waals surface area contributed by atoms with E-state index < -0.39 is 0 Å². The van der Waals surface area contributed by atoms with Gasteiger partial charge in [-0.1, -0.05) is 13.0 Å². The first-order valence-corrected chi connectivity index (χ1v) is 7.27. The maximum atomic E-state index is 12.1. The Balaban J connectivity index is 1.80. The van der Waals surface area contributed by atoms with Crippen LogP contribution in [0.15, 0.2) is 18.2 Å². The zero-order valence-electron chi connectivity index (χ0n) is 12.3. The van der Waals surface area contributed by atoms with Crippen molar-refractivity contribution in [3.63, 3.8) is 0 Å². The fraction of sp³-hybridized carbons (Fsp3) is 0.562. The molecule has 3 rings (SSSR count). The van der Waals surface area contributed by atoms with Crippen molar-refractivity contribution >= 4 is 5.91 Å². The molecule has 1 aromatic carbocycles. The van der Waals surface area contributed by atoms with Crippen LogP contribution in [0.25, 0.3) is 0 Å². The molecule has 1 aliphatic carbocycles. The molecule has 1 N–H and O–H groups in total. The number of aryl methyl sites for hydroxylation is 1. The number of rotatable bonds is 4. The van der Waals surface area contributed by atoms with Gasteiger partial charge in [0.2, 0.25) is 5.91 Å². The number of carbonyl (C=O) groups is 1. The van der Waals surface area contributed by atoms with Crippen LogP contribution in [-0.2, 0) is 4.79 Å². The van der Waals surface area contributed by atoms with Crippen molar-refractivity contribution in [3.8, 4) is 5.75 Å². The van der Waals surface area contributed by atoms with Gasteiger partial charge >= 0.3 is 0 Å². The molecule has 1 aromatic rings. The van der Waals surface area contributed by atoms with Crippen LogP contribution >= 0.6 is 0 Å². The van der Waals surface area contributed by atoms with Crippen LogP contribution in [0, 0.1) is 18.8 Å². The average Bonchev–Trinajstić information content (AvgIpc) is 3.00. The van der Waals surface area contributed by atoms with Crippen LogP contribution in [0.5, 0.6) is 5.75 Å². The van der Waals surface area contributed by atoms with Crippen LogP contribution in [0.2, 0.25) is 0 Å². The zero-order chi connectivity index (χ0) is 14.3. The van der Waals surface area contributed by atoms with Crippen LogP contribution < -0.4 is 10.1 Å². The first-order valence-electron chi connectivity index (χ1n) is 7.27. The van der Waals surface area contributed by atoms with E-state index in [0.29, 0.717) is 12.5 Å². The third-order valence-corrected chi connectivity index (χ3v) is 4.52. The Kier molecular flexibility index (Phi) is 3.42. The van der Waals surface area contributed by atoms with E-state index in [1.165, 1.54) is 6.42 Å². The van der Waals surface area contributed by atoms with Gasteiger partial charge in [0.25, 0.3) is 0 Å². The highest BCUT2D eigenvalue weighted by Crippen LogP contribution is 2.40. The Morgan fingerprint density at radius 1 is 1.45 bits per heavy atom. The summed E-state index contributed by atoms with van der Waals surface area (Å²) in [4.78, 5) is 14.1. The number of hydrogen-bond acceptors (Lipinski definition) is 3. The summed E-state index contributed by atoms with van der Waals surface area (Å²) in [6.45, 7) is 5.61. The Morgan fingerprint density at radius 3 is 2.80 bits per heavy atom. The quantitative estimate of drug-likeness (QED) is 0.914. The number of hydrogen-bond donors (Lipinski definition) is 1. The number of methoxy groups -OCH3 is 1. The van der Waals surface area contributed by atoms with E-state index in [0.717, 1.165) is 29.3 Å². The Hall–Kier alpha value is -1.55. The third kappa shape index (κ3) is 2.40. The molecular formula is C16H22N2O2. The van der Waals surface area contributed by atoms with E-state index in [4.69, 9.17) is 4.74 Å². The van der Waals surface area contributed by atoms with Gasteiger partial charge in [-0.15, -0.1) is 0 Å². The van der Waals surface area contributed by atoms with Crippen LogP contribution in [-0.4, -0.2) is 31.0 Å². The minimum atomic E-state index is 0.0138. The minimum Gasteiger partial charge on any atom is -0.496 e. The number of ether oxygens (including phenoxy) is 1. The Bertz CT molecular complexity index is 529. The minimum absolute atomic E-state index is 0.0138. The summed E-state index contributed by atoms with van der Waals surface area (Å²) in [5.74, 6) is 2.55. The lowest BCUT2D eigenvalue weighted by Gasteiger charge is -2.25. The van der Waals surface area contributed by atoms with Gasteiger partial charge in [-0.3, -0.25) is 10.1 Å². The van der Waals surface area contributed by atoms with Crippen molar-refractivity contribution in [1.29, 1.82) is 0 Å². The largest absolute Gasteiger partial charge is 0.496 e. The fourth-order valence-corrected chi connectivity index (χ4v) is 3.02. The number of nitrogens with one attached hydrogen (secondary N) is 1. The molecule has 0 radical (unpaired) electrons. The average molecular weight is 274 g/mol. The van der Waals surface area contributed by atoms with Gasteiger partial charge in [0.05, 0.1) is 13.7 Å². The molecule has 3 unspecified atom stereocenters. The molecule has 0 bridgehead atoms. The molecule has 1 saturated carbocycles. The normalized spacial score (nSPS) is 28.9. The Morgan fingerprint density at radius 2 is 2.20 bits per heavy atom. The summed E-state index contributed by atoms with van der Waals surface area (Å²) in [5, 5.41) is 3.32. The second kappa shape index (κ2) is 5.09. The lowest BCUT2D eigenvalue weighted by atomic mass is 10.1. The molecule has 1 aliphatic heterocycles. The molecule has 4 heteroatoms. The van der Waals surface area contributed by atoms with Crippen LogP contribution in [0.4, 0.5) is 0 Å². The topological polar surface area (TPSA) is 41.6 Å². The lowest BCUT2D eigenvalue weighted by molar-refractivity contribution is -0.128. The fourth-order valence-electron chi connectivity index (χ4n) is 3.02. The van der Waals surface area contributed by atoms with Crippen molar-refractivity contribution in [2.75, 3.05) is 20.2 Å². The van der Waals surface area contributed by atoms with Crippen molar-refractivity contribution < 1.29 is 9.53 Å².